The number of hydrogen-bond acceptors (Lipinski definition) is 8. The van der Waals surface area contributed by atoms with Gasteiger partial charge in [-0.3, -0.25) is 20.4 Å². The predicted molar refractivity (Wildman–Crippen MR) is 120 cm³/mol. The van der Waals surface area contributed by atoms with Crippen molar-refractivity contribution < 1.29 is 39.6 Å². The van der Waals surface area contributed by atoms with Gasteiger partial charge in [0, 0.05) is 12.1 Å². The number of benzene rings is 3. The van der Waals surface area contributed by atoms with Crippen molar-refractivity contribution in [2.45, 2.75) is 0 Å². The molecule has 2 amide bonds. The Morgan fingerprint density at radius 3 is 1.21 bits per heavy atom. The van der Waals surface area contributed by atoms with Gasteiger partial charge in [0.05, 0.1) is 11.4 Å². The quantitative estimate of drug-likeness (QED) is 0.136. The lowest BCUT2D eigenvalue weighted by Gasteiger charge is -2.25. The minimum absolute atomic E-state index is 0.137. The first kappa shape index (κ1) is 23.4. The van der Waals surface area contributed by atoms with E-state index in [0.29, 0.717) is 10.0 Å². The Balaban J connectivity index is 1.94. The van der Waals surface area contributed by atoms with E-state index in [9.17, 15) is 29.4 Å². The molecule has 3 aromatic carbocycles. The van der Waals surface area contributed by atoms with Crippen LogP contribution in [-0.2, 0) is 19.2 Å². The Labute approximate surface area is 191 Å². The second-order valence-corrected chi connectivity index (χ2v) is 6.67. The number of aromatic hydroxyl groups is 2. The Hall–Kier alpha value is -5.26. The van der Waals surface area contributed by atoms with E-state index >= 15 is 0 Å². The zero-order valence-corrected chi connectivity index (χ0v) is 17.2. The lowest BCUT2D eigenvalue weighted by Crippen LogP contribution is -2.41. The molecular formula is C22H18N4O8. The summed E-state index contributed by atoms with van der Waals surface area (Å²) in [4.78, 5) is 46.8. The van der Waals surface area contributed by atoms with Gasteiger partial charge in [0.2, 0.25) is 0 Å². The van der Waals surface area contributed by atoms with Gasteiger partial charge in [-0.05, 0) is 24.3 Å². The second kappa shape index (κ2) is 9.91. The number of nitrogens with one attached hydrogen (secondary N) is 2. The monoisotopic (exact) mass is 466 g/mol. The summed E-state index contributed by atoms with van der Waals surface area (Å²) in [5.74, 6) is -7.40. The average molecular weight is 466 g/mol. The molecule has 12 heteroatoms. The normalized spacial score (nSPS) is 10.1. The highest BCUT2D eigenvalue weighted by Gasteiger charge is 2.26. The number of amides is 2. The van der Waals surface area contributed by atoms with Crippen LogP contribution in [0.2, 0.25) is 0 Å². The molecule has 34 heavy (non-hydrogen) atoms. The van der Waals surface area contributed by atoms with Crippen LogP contribution in [0.25, 0.3) is 0 Å². The van der Waals surface area contributed by atoms with E-state index in [1.165, 1.54) is 24.3 Å². The molecule has 0 heterocycles. The van der Waals surface area contributed by atoms with Crippen LogP contribution in [-0.4, -0.2) is 44.2 Å². The van der Waals surface area contributed by atoms with Gasteiger partial charge in [0.15, 0.2) is 0 Å². The molecule has 3 aromatic rings. The number of hydrazine groups is 2. The van der Waals surface area contributed by atoms with Crippen LogP contribution in [0.1, 0.15) is 0 Å². The fourth-order valence-corrected chi connectivity index (χ4v) is 2.81. The van der Waals surface area contributed by atoms with Crippen molar-refractivity contribution in [1.29, 1.82) is 0 Å². The van der Waals surface area contributed by atoms with Gasteiger partial charge in [-0.1, -0.05) is 36.4 Å². The number of aliphatic carboxylic acids is 2. The van der Waals surface area contributed by atoms with Crippen molar-refractivity contribution in [2.24, 2.45) is 0 Å². The van der Waals surface area contributed by atoms with Crippen LogP contribution in [0.3, 0.4) is 0 Å². The molecule has 0 fully saturated rings. The zero-order chi connectivity index (χ0) is 24.8. The van der Waals surface area contributed by atoms with E-state index in [1.54, 1.807) is 36.4 Å². The maximum Gasteiger partial charge on any atom is 0.396 e. The number of phenolic OH excluding ortho intramolecular Hbond substituents is 2. The molecule has 12 nitrogen and oxygen atoms in total. The minimum Gasteiger partial charge on any atom is -0.506 e. The van der Waals surface area contributed by atoms with E-state index < -0.39 is 35.3 Å². The summed E-state index contributed by atoms with van der Waals surface area (Å²) in [6.07, 6.45) is 0. The highest BCUT2D eigenvalue weighted by atomic mass is 16.4. The molecule has 0 aromatic heterocycles. The number of carbonyl (C=O) groups is 4. The van der Waals surface area contributed by atoms with Gasteiger partial charge < -0.3 is 20.4 Å². The number of carboxylic acid groups (broad SMARTS) is 2. The summed E-state index contributed by atoms with van der Waals surface area (Å²) in [7, 11) is 0. The van der Waals surface area contributed by atoms with Crippen molar-refractivity contribution in [3.8, 4) is 11.5 Å². The van der Waals surface area contributed by atoms with E-state index in [0.717, 1.165) is 12.1 Å². The minimum atomic E-state index is -1.77. The molecule has 3 rings (SSSR count). The summed E-state index contributed by atoms with van der Waals surface area (Å²) in [6, 6.07) is 17.2. The number of hydrogen-bond donors (Lipinski definition) is 6. The average Bonchev–Trinajstić information content (AvgIpc) is 2.83. The van der Waals surface area contributed by atoms with E-state index in [1.807, 2.05) is 0 Å². The first-order chi connectivity index (χ1) is 16.2. The maximum absolute atomic E-state index is 12.2. The van der Waals surface area contributed by atoms with Crippen molar-refractivity contribution in [3.63, 3.8) is 0 Å². The smallest absolute Gasteiger partial charge is 0.396 e. The van der Waals surface area contributed by atoms with Gasteiger partial charge in [0.1, 0.15) is 22.9 Å². The third-order valence-electron chi connectivity index (χ3n) is 4.38. The zero-order valence-electron chi connectivity index (χ0n) is 17.2. The second-order valence-electron chi connectivity index (χ2n) is 6.67. The van der Waals surface area contributed by atoms with Crippen LogP contribution in [0.4, 0.5) is 22.7 Å². The van der Waals surface area contributed by atoms with Gasteiger partial charge >= 0.3 is 23.8 Å². The number of carbonyl (C=O) groups excluding carboxylic acids is 2. The fourth-order valence-electron chi connectivity index (χ4n) is 2.81. The van der Waals surface area contributed by atoms with Crippen molar-refractivity contribution in [1.82, 2.24) is 0 Å². The van der Waals surface area contributed by atoms with Gasteiger partial charge in [-0.2, -0.15) is 0 Å². The highest BCUT2D eigenvalue weighted by Crippen LogP contribution is 2.36. The van der Waals surface area contributed by atoms with Gasteiger partial charge in [-0.15, -0.1) is 0 Å². The third kappa shape index (κ3) is 5.13. The molecule has 0 unspecified atom stereocenters. The molecule has 0 saturated heterocycles. The van der Waals surface area contributed by atoms with Crippen molar-refractivity contribution in [3.05, 3.63) is 72.8 Å². The summed E-state index contributed by atoms with van der Waals surface area (Å²) in [5.41, 5.74) is 4.63. The molecular weight excluding hydrogens is 448 g/mol. The number of para-hydroxylation sites is 2. The van der Waals surface area contributed by atoms with Gasteiger partial charge in [-0.25, -0.2) is 19.6 Å². The summed E-state index contributed by atoms with van der Waals surface area (Å²) in [5, 5.41) is 40.4. The van der Waals surface area contributed by atoms with Crippen LogP contribution in [0.5, 0.6) is 11.5 Å². The third-order valence-corrected chi connectivity index (χ3v) is 4.38. The first-order valence-electron chi connectivity index (χ1n) is 9.53. The SMILES string of the molecule is O=C(O)C(=O)N(Nc1cc(O)c(NN(C(=O)C(=O)O)c2ccccc2)cc1O)c1ccccc1. The number of rotatable bonds is 6. The standard InChI is InChI=1S/C22H18N4O8/c27-17-12-16(24-26(20(30)22(33)34)14-9-5-2-6-10-14)18(28)11-15(17)23-25(19(29)21(31)32)13-7-3-1-4-8-13/h1-12,23-24,27-28H,(H,31,32)(H,33,34). The Morgan fingerprint density at radius 1 is 0.588 bits per heavy atom. The number of anilines is 4. The molecule has 0 aliphatic carbocycles. The van der Waals surface area contributed by atoms with Crippen LogP contribution >= 0.6 is 0 Å². The Kier molecular flexibility index (Phi) is 6.82. The largest absolute Gasteiger partial charge is 0.506 e. The van der Waals surface area contributed by atoms with Crippen molar-refractivity contribution >= 4 is 46.5 Å². The molecule has 0 radical (unpaired) electrons. The lowest BCUT2D eigenvalue weighted by atomic mass is 10.2. The Bertz CT molecular complexity index is 1140. The van der Waals surface area contributed by atoms with E-state index in [-0.39, 0.29) is 22.7 Å². The molecule has 6 N–H and O–H groups in total. The first-order valence-corrected chi connectivity index (χ1v) is 9.53. The topological polar surface area (TPSA) is 180 Å². The highest BCUT2D eigenvalue weighted by molar-refractivity contribution is 6.38. The molecule has 0 bridgehead atoms. The molecule has 0 aliphatic rings. The number of phenols is 2. The van der Waals surface area contributed by atoms with Crippen LogP contribution in [0, 0.1) is 0 Å². The summed E-state index contributed by atoms with van der Waals surface area (Å²) in [6.45, 7) is 0. The number of nitrogens with zero attached hydrogens (tertiary/aromatic N) is 2. The lowest BCUT2D eigenvalue weighted by molar-refractivity contribution is -0.148. The number of carboxylic acids is 2. The fraction of sp³-hybridized carbons (Fsp3) is 0. The molecule has 0 saturated carbocycles. The molecule has 174 valence electrons. The Morgan fingerprint density at radius 2 is 0.912 bits per heavy atom. The summed E-state index contributed by atoms with van der Waals surface area (Å²) >= 11 is 0. The maximum atomic E-state index is 12.2. The van der Waals surface area contributed by atoms with Crippen LogP contribution < -0.4 is 20.9 Å². The molecule has 0 spiro atoms. The van der Waals surface area contributed by atoms with E-state index in [4.69, 9.17) is 10.2 Å². The van der Waals surface area contributed by atoms with Crippen LogP contribution in [0.15, 0.2) is 72.8 Å². The van der Waals surface area contributed by atoms with Crippen molar-refractivity contribution in [2.75, 3.05) is 20.9 Å². The molecule has 0 atom stereocenters. The summed E-state index contributed by atoms with van der Waals surface area (Å²) < 4.78 is 0. The predicted octanol–water partition coefficient (Wildman–Crippen LogP) is 1.99. The van der Waals surface area contributed by atoms with E-state index in [2.05, 4.69) is 10.9 Å². The van der Waals surface area contributed by atoms with Gasteiger partial charge in [0.25, 0.3) is 0 Å². The molecule has 0 aliphatic heterocycles.